The van der Waals surface area contributed by atoms with Crippen molar-refractivity contribution < 1.29 is 0 Å². The van der Waals surface area contributed by atoms with E-state index in [1.807, 2.05) is 24.3 Å². The van der Waals surface area contributed by atoms with E-state index in [1.54, 1.807) is 0 Å². The van der Waals surface area contributed by atoms with E-state index in [-0.39, 0.29) is 0 Å². The predicted molar refractivity (Wildman–Crippen MR) is 100 cm³/mol. The minimum Gasteiger partial charge on any atom is -0.360 e. The van der Waals surface area contributed by atoms with Crippen LogP contribution in [-0.4, -0.2) is 34.2 Å². The molecule has 2 bridgehead atoms. The minimum absolute atomic E-state index is 0.500. The lowest BCUT2D eigenvalue weighted by Crippen LogP contribution is -2.57. The Balaban J connectivity index is 1.35. The number of rotatable bonds is 3. The number of nitrogens with zero attached hydrogens (tertiary/aromatic N) is 1. The van der Waals surface area contributed by atoms with Crippen LogP contribution in [0.4, 0.5) is 5.69 Å². The zero-order valence-electron chi connectivity index (χ0n) is 13.3. The van der Waals surface area contributed by atoms with Gasteiger partial charge < -0.3 is 10.6 Å². The highest BCUT2D eigenvalue weighted by Crippen LogP contribution is 2.41. The molecular formula is C18H24ClN3S. The molecule has 0 unspecified atom stereocenters. The number of halogens is 1. The summed E-state index contributed by atoms with van der Waals surface area (Å²) < 4.78 is 0. The van der Waals surface area contributed by atoms with Gasteiger partial charge in [0.05, 0.1) is 0 Å². The van der Waals surface area contributed by atoms with Gasteiger partial charge in [0.25, 0.3) is 0 Å². The highest BCUT2D eigenvalue weighted by atomic mass is 35.5. The second kappa shape index (κ2) is 6.58. The van der Waals surface area contributed by atoms with Crippen LogP contribution >= 0.6 is 23.8 Å². The third kappa shape index (κ3) is 3.65. The number of fused-ring (bicyclic) bond motifs is 2. The molecular weight excluding hydrogens is 326 g/mol. The van der Waals surface area contributed by atoms with Gasteiger partial charge in [-0.15, -0.1) is 0 Å². The lowest BCUT2D eigenvalue weighted by Gasteiger charge is -2.49. The second-order valence-electron chi connectivity index (χ2n) is 7.19. The summed E-state index contributed by atoms with van der Waals surface area (Å²) >= 11 is 11.5. The van der Waals surface area contributed by atoms with E-state index in [2.05, 4.69) is 15.5 Å². The molecule has 0 aromatic heterocycles. The SMILES string of the molecule is S=C(Nc1cccc(Cl)c1)NC1C[C@@H]2CCC[C@@H](C1)N2C1CC1. The first-order valence-corrected chi connectivity index (χ1v) is 9.58. The maximum atomic E-state index is 6.03. The average Bonchev–Trinajstić information content (AvgIpc) is 3.30. The number of piperidine rings is 2. The van der Waals surface area contributed by atoms with E-state index in [0.29, 0.717) is 6.04 Å². The molecule has 0 amide bonds. The quantitative estimate of drug-likeness (QED) is 0.801. The van der Waals surface area contributed by atoms with E-state index in [0.717, 1.165) is 33.9 Å². The Morgan fingerprint density at radius 2 is 1.83 bits per heavy atom. The number of hydrogen-bond donors (Lipinski definition) is 2. The maximum Gasteiger partial charge on any atom is 0.170 e. The lowest BCUT2D eigenvalue weighted by atomic mass is 9.81. The van der Waals surface area contributed by atoms with Gasteiger partial charge in [0, 0.05) is 34.9 Å². The Hall–Kier alpha value is -0.840. The molecule has 2 saturated heterocycles. The molecule has 3 nitrogen and oxygen atoms in total. The van der Waals surface area contributed by atoms with E-state index < -0.39 is 0 Å². The molecule has 4 rings (SSSR count). The average molecular weight is 350 g/mol. The van der Waals surface area contributed by atoms with Crippen LogP contribution in [0.3, 0.4) is 0 Å². The normalized spacial score (nSPS) is 30.7. The Kier molecular flexibility index (Phi) is 4.48. The fourth-order valence-corrected chi connectivity index (χ4v) is 4.90. The Bertz CT molecular complexity index is 575. The molecule has 2 N–H and O–H groups in total. The first-order chi connectivity index (χ1) is 11.2. The van der Waals surface area contributed by atoms with Crippen molar-refractivity contribution in [3.05, 3.63) is 29.3 Å². The van der Waals surface area contributed by atoms with Crippen LogP contribution in [0.1, 0.15) is 44.9 Å². The molecule has 23 heavy (non-hydrogen) atoms. The molecule has 2 aliphatic heterocycles. The lowest BCUT2D eigenvalue weighted by molar-refractivity contribution is 0.0209. The van der Waals surface area contributed by atoms with Gasteiger partial charge in [-0.05, 0) is 68.9 Å². The van der Waals surface area contributed by atoms with E-state index in [9.17, 15) is 0 Å². The van der Waals surface area contributed by atoms with Gasteiger partial charge in [0.2, 0.25) is 0 Å². The Morgan fingerprint density at radius 3 is 2.48 bits per heavy atom. The number of hydrogen-bond acceptors (Lipinski definition) is 2. The summed E-state index contributed by atoms with van der Waals surface area (Å²) in [6, 6.07) is 10.6. The van der Waals surface area contributed by atoms with E-state index >= 15 is 0 Å². The molecule has 124 valence electrons. The van der Waals surface area contributed by atoms with Crippen molar-refractivity contribution in [2.45, 2.75) is 69.1 Å². The first kappa shape index (κ1) is 15.7. The van der Waals surface area contributed by atoms with Gasteiger partial charge in [-0.3, -0.25) is 4.90 Å². The van der Waals surface area contributed by atoms with Crippen LogP contribution in [0.2, 0.25) is 5.02 Å². The summed E-state index contributed by atoms with van der Waals surface area (Å²) in [5.74, 6) is 0. The van der Waals surface area contributed by atoms with Crippen LogP contribution < -0.4 is 10.6 Å². The summed E-state index contributed by atoms with van der Waals surface area (Å²) in [6.45, 7) is 0. The van der Waals surface area contributed by atoms with E-state index in [1.165, 1.54) is 44.9 Å². The minimum atomic E-state index is 0.500. The van der Waals surface area contributed by atoms with Gasteiger partial charge >= 0.3 is 0 Å². The van der Waals surface area contributed by atoms with Crippen LogP contribution in [0.5, 0.6) is 0 Å². The van der Waals surface area contributed by atoms with Crippen molar-refractivity contribution in [3.63, 3.8) is 0 Å². The van der Waals surface area contributed by atoms with E-state index in [4.69, 9.17) is 23.8 Å². The van der Waals surface area contributed by atoms with Crippen molar-refractivity contribution in [1.29, 1.82) is 0 Å². The van der Waals surface area contributed by atoms with Gasteiger partial charge in [-0.2, -0.15) is 0 Å². The van der Waals surface area contributed by atoms with Crippen molar-refractivity contribution >= 4 is 34.6 Å². The van der Waals surface area contributed by atoms with Crippen molar-refractivity contribution in [1.82, 2.24) is 10.2 Å². The molecule has 1 aromatic carbocycles. The third-order valence-electron chi connectivity index (χ3n) is 5.42. The van der Waals surface area contributed by atoms with Gasteiger partial charge in [0.1, 0.15) is 0 Å². The topological polar surface area (TPSA) is 27.3 Å². The predicted octanol–water partition coefficient (Wildman–Crippen LogP) is 4.17. The summed E-state index contributed by atoms with van der Waals surface area (Å²) in [5, 5.41) is 8.25. The molecule has 3 fully saturated rings. The van der Waals surface area contributed by atoms with Crippen molar-refractivity contribution in [2.24, 2.45) is 0 Å². The van der Waals surface area contributed by atoms with Gasteiger partial charge in [0.15, 0.2) is 5.11 Å². The smallest absolute Gasteiger partial charge is 0.170 e. The number of benzene rings is 1. The van der Waals surface area contributed by atoms with Crippen LogP contribution in [0.25, 0.3) is 0 Å². The standard InChI is InChI=1S/C18H24ClN3S/c19-12-3-1-4-13(9-12)20-18(23)21-14-10-16-5-2-6-17(11-14)22(16)15-7-8-15/h1,3-4,9,14-17H,2,5-8,10-11H2,(H2,20,21,23)/t16-,17-/m0/s1. The van der Waals surface area contributed by atoms with Crippen LogP contribution in [-0.2, 0) is 0 Å². The molecule has 3 aliphatic rings. The molecule has 0 radical (unpaired) electrons. The molecule has 5 heteroatoms. The first-order valence-electron chi connectivity index (χ1n) is 8.79. The summed E-state index contributed by atoms with van der Waals surface area (Å²) in [5.41, 5.74) is 0.950. The zero-order chi connectivity index (χ0) is 15.8. The van der Waals surface area contributed by atoms with Gasteiger partial charge in [-0.25, -0.2) is 0 Å². The number of anilines is 1. The zero-order valence-corrected chi connectivity index (χ0v) is 14.9. The highest BCUT2D eigenvalue weighted by molar-refractivity contribution is 7.80. The number of nitrogens with one attached hydrogen (secondary N) is 2. The van der Waals surface area contributed by atoms with Crippen molar-refractivity contribution in [2.75, 3.05) is 5.32 Å². The summed E-state index contributed by atoms with van der Waals surface area (Å²) in [6.07, 6.45) is 9.41. The highest BCUT2D eigenvalue weighted by Gasteiger charge is 2.44. The summed E-state index contributed by atoms with van der Waals surface area (Å²) in [4.78, 5) is 2.84. The van der Waals surface area contributed by atoms with Crippen LogP contribution in [0.15, 0.2) is 24.3 Å². The fourth-order valence-electron chi connectivity index (χ4n) is 4.42. The molecule has 0 spiro atoms. The largest absolute Gasteiger partial charge is 0.360 e. The second-order valence-corrected chi connectivity index (χ2v) is 8.04. The Labute approximate surface area is 148 Å². The molecule has 1 aromatic rings. The maximum absolute atomic E-state index is 6.03. The summed E-state index contributed by atoms with van der Waals surface area (Å²) in [7, 11) is 0. The monoisotopic (exact) mass is 349 g/mol. The number of thiocarbonyl (C=S) groups is 1. The molecule has 2 atom stereocenters. The Morgan fingerprint density at radius 1 is 1.09 bits per heavy atom. The molecule has 1 saturated carbocycles. The van der Waals surface area contributed by atoms with Crippen LogP contribution in [0, 0.1) is 0 Å². The molecule has 1 aliphatic carbocycles. The molecule has 2 heterocycles. The third-order valence-corrected chi connectivity index (χ3v) is 5.87. The fraction of sp³-hybridized carbons (Fsp3) is 0.611. The van der Waals surface area contributed by atoms with Gasteiger partial charge in [-0.1, -0.05) is 24.1 Å². The van der Waals surface area contributed by atoms with Crippen molar-refractivity contribution in [3.8, 4) is 0 Å².